The van der Waals surface area contributed by atoms with Gasteiger partial charge >= 0.3 is 0 Å². The van der Waals surface area contributed by atoms with E-state index in [0.29, 0.717) is 30.3 Å². The number of hydrogen-bond acceptors (Lipinski definition) is 8. The van der Waals surface area contributed by atoms with E-state index < -0.39 is 16.6 Å². The van der Waals surface area contributed by atoms with Crippen LogP contribution in [0, 0.1) is 5.82 Å². The molecule has 1 unspecified atom stereocenters. The van der Waals surface area contributed by atoms with Crippen LogP contribution >= 0.6 is 11.3 Å². The van der Waals surface area contributed by atoms with Crippen molar-refractivity contribution in [2.24, 2.45) is 0 Å². The molecule has 2 heterocycles. The van der Waals surface area contributed by atoms with Crippen molar-refractivity contribution in [3.63, 3.8) is 0 Å². The number of aromatic nitrogens is 3. The van der Waals surface area contributed by atoms with Gasteiger partial charge in [0.15, 0.2) is 11.6 Å². The average Bonchev–Trinajstić information content (AvgIpc) is 3.40. The summed E-state index contributed by atoms with van der Waals surface area (Å²) in [5, 5.41) is 10.3. The van der Waals surface area contributed by atoms with Crippen molar-refractivity contribution >= 4 is 44.5 Å². The highest BCUT2D eigenvalue weighted by atomic mass is 32.2. The van der Waals surface area contributed by atoms with Gasteiger partial charge in [0.05, 0.1) is 11.2 Å². The van der Waals surface area contributed by atoms with Crippen molar-refractivity contribution < 1.29 is 13.3 Å². The zero-order valence-electron chi connectivity index (χ0n) is 20.7. The molecule has 0 radical (unpaired) electrons. The third kappa shape index (κ3) is 6.58. The minimum atomic E-state index is -0.814. The molecule has 0 aliphatic rings. The standard InChI is InChI=1S/C28H26FN5O2S2/c1-38(35)12-11-30-15-27-34-25(17-37-27)20-7-9-24-22(13-20)28(32-18-31-24)33-21-8-10-26(23(29)14-21)36-16-19-5-3-2-4-6-19/h2-10,13-14,17-18,30H,11-12,15-16H2,1H3,(H,31,32,33). The van der Waals surface area contributed by atoms with Crippen LogP contribution in [0.5, 0.6) is 5.75 Å². The van der Waals surface area contributed by atoms with Crippen molar-refractivity contribution in [2.75, 3.05) is 23.9 Å². The number of anilines is 2. The molecule has 10 heteroatoms. The Morgan fingerprint density at radius 3 is 2.74 bits per heavy atom. The quantitative estimate of drug-likeness (QED) is 0.206. The Hall–Kier alpha value is -3.73. The Balaban J connectivity index is 1.30. The fraction of sp³-hybridized carbons (Fsp3) is 0.179. The molecule has 0 fully saturated rings. The number of ether oxygens (including phenoxy) is 1. The summed E-state index contributed by atoms with van der Waals surface area (Å²) in [6.07, 6.45) is 3.18. The van der Waals surface area contributed by atoms with Crippen molar-refractivity contribution in [1.82, 2.24) is 20.3 Å². The summed E-state index contributed by atoms with van der Waals surface area (Å²) < 4.78 is 31.7. The zero-order chi connectivity index (χ0) is 26.3. The van der Waals surface area contributed by atoms with Gasteiger partial charge in [-0.1, -0.05) is 36.4 Å². The molecule has 1 atom stereocenters. The Labute approximate surface area is 226 Å². The van der Waals surface area contributed by atoms with E-state index in [9.17, 15) is 8.60 Å². The first kappa shape index (κ1) is 25.9. The van der Waals surface area contributed by atoms with Crippen LogP contribution in [-0.2, 0) is 24.0 Å². The van der Waals surface area contributed by atoms with Gasteiger partial charge in [-0.05, 0) is 29.8 Å². The normalized spacial score (nSPS) is 11.9. The lowest BCUT2D eigenvalue weighted by molar-refractivity contribution is 0.290. The Kier molecular flexibility index (Phi) is 8.32. The molecule has 194 valence electrons. The lowest BCUT2D eigenvalue weighted by Gasteiger charge is -2.12. The molecule has 7 nitrogen and oxygen atoms in total. The van der Waals surface area contributed by atoms with E-state index >= 15 is 0 Å². The largest absolute Gasteiger partial charge is 0.486 e. The molecule has 5 aromatic rings. The highest BCUT2D eigenvalue weighted by molar-refractivity contribution is 7.84. The summed E-state index contributed by atoms with van der Waals surface area (Å²) in [5.74, 6) is 0.912. The number of halogens is 1. The Morgan fingerprint density at radius 2 is 1.92 bits per heavy atom. The van der Waals surface area contributed by atoms with Crippen molar-refractivity contribution in [2.45, 2.75) is 13.2 Å². The first-order chi connectivity index (χ1) is 18.5. The molecule has 2 N–H and O–H groups in total. The van der Waals surface area contributed by atoms with Gasteiger partial charge in [0.1, 0.15) is 23.8 Å². The molecule has 0 saturated carbocycles. The number of benzene rings is 3. The van der Waals surface area contributed by atoms with E-state index in [1.54, 1.807) is 29.7 Å². The SMILES string of the molecule is CS(=O)CCNCc1nc(-c2ccc3ncnc(Nc4ccc(OCc5ccccc5)c(F)c4)c3c2)cs1. The molecule has 0 bridgehead atoms. The van der Waals surface area contributed by atoms with E-state index in [4.69, 9.17) is 9.72 Å². The molecular weight excluding hydrogens is 521 g/mol. The summed E-state index contributed by atoms with van der Waals surface area (Å²) in [6, 6.07) is 20.3. The average molecular weight is 548 g/mol. The van der Waals surface area contributed by atoms with Gasteiger partial charge in [-0.3, -0.25) is 4.21 Å². The van der Waals surface area contributed by atoms with Gasteiger partial charge in [0.25, 0.3) is 0 Å². The van der Waals surface area contributed by atoms with Crippen LogP contribution in [0.15, 0.2) is 78.4 Å². The number of fused-ring (bicyclic) bond motifs is 1. The van der Waals surface area contributed by atoms with E-state index in [2.05, 4.69) is 20.6 Å². The van der Waals surface area contributed by atoms with Gasteiger partial charge in [-0.15, -0.1) is 11.3 Å². The van der Waals surface area contributed by atoms with Crippen LogP contribution in [0.2, 0.25) is 0 Å². The molecule has 2 aromatic heterocycles. The maximum Gasteiger partial charge on any atom is 0.167 e. The zero-order valence-corrected chi connectivity index (χ0v) is 22.3. The van der Waals surface area contributed by atoms with Gasteiger partial charge < -0.3 is 15.4 Å². The Morgan fingerprint density at radius 1 is 1.05 bits per heavy atom. The second kappa shape index (κ2) is 12.2. The molecule has 3 aromatic carbocycles. The third-order valence-corrected chi connectivity index (χ3v) is 7.38. The predicted octanol–water partition coefficient (Wildman–Crippen LogP) is 5.68. The summed E-state index contributed by atoms with van der Waals surface area (Å²) in [4.78, 5) is 13.5. The second-order valence-electron chi connectivity index (χ2n) is 8.58. The molecule has 38 heavy (non-hydrogen) atoms. The van der Waals surface area contributed by atoms with Crippen LogP contribution in [0.1, 0.15) is 10.6 Å². The molecular formula is C28H26FN5O2S2. The van der Waals surface area contributed by atoms with Crippen LogP contribution in [0.25, 0.3) is 22.2 Å². The van der Waals surface area contributed by atoms with Gasteiger partial charge in [0.2, 0.25) is 0 Å². The third-order valence-electron chi connectivity index (χ3n) is 5.76. The number of nitrogens with zero attached hydrogens (tertiary/aromatic N) is 3. The number of thiazole rings is 1. The maximum atomic E-state index is 14.8. The molecule has 0 aliphatic carbocycles. The molecule has 5 rings (SSSR count). The monoisotopic (exact) mass is 547 g/mol. The lowest BCUT2D eigenvalue weighted by Crippen LogP contribution is -2.19. The lowest BCUT2D eigenvalue weighted by atomic mass is 10.1. The second-order valence-corrected chi connectivity index (χ2v) is 11.1. The first-order valence-corrected chi connectivity index (χ1v) is 14.6. The van der Waals surface area contributed by atoms with Crippen molar-refractivity contribution in [1.29, 1.82) is 0 Å². The summed E-state index contributed by atoms with van der Waals surface area (Å²) in [7, 11) is -0.814. The van der Waals surface area contributed by atoms with Crippen LogP contribution in [0.4, 0.5) is 15.9 Å². The van der Waals surface area contributed by atoms with Gasteiger partial charge in [0, 0.05) is 64.0 Å². The smallest absolute Gasteiger partial charge is 0.167 e. The van der Waals surface area contributed by atoms with E-state index in [-0.39, 0.29) is 12.4 Å². The first-order valence-electron chi connectivity index (χ1n) is 12.0. The minimum Gasteiger partial charge on any atom is -0.486 e. The topological polar surface area (TPSA) is 89.0 Å². The summed E-state index contributed by atoms with van der Waals surface area (Å²) in [6.45, 7) is 1.60. The highest BCUT2D eigenvalue weighted by Crippen LogP contribution is 2.30. The van der Waals surface area contributed by atoms with Crippen molar-refractivity contribution in [3.05, 3.63) is 94.8 Å². The van der Waals surface area contributed by atoms with E-state index in [1.165, 1.54) is 12.4 Å². The highest BCUT2D eigenvalue weighted by Gasteiger charge is 2.11. The van der Waals surface area contributed by atoms with Gasteiger partial charge in [-0.25, -0.2) is 19.3 Å². The summed E-state index contributed by atoms with van der Waals surface area (Å²) in [5.41, 5.74) is 4.07. The summed E-state index contributed by atoms with van der Waals surface area (Å²) >= 11 is 1.57. The molecule has 0 saturated heterocycles. The molecule has 0 spiro atoms. The molecule has 0 amide bonds. The van der Waals surface area contributed by atoms with E-state index in [1.807, 2.05) is 53.9 Å². The maximum absolute atomic E-state index is 14.8. The van der Waals surface area contributed by atoms with Crippen LogP contribution in [0.3, 0.4) is 0 Å². The van der Waals surface area contributed by atoms with E-state index in [0.717, 1.165) is 32.7 Å². The Bertz CT molecular complexity index is 1560. The predicted molar refractivity (Wildman–Crippen MR) is 152 cm³/mol. The van der Waals surface area contributed by atoms with Crippen LogP contribution < -0.4 is 15.4 Å². The molecule has 0 aliphatic heterocycles. The fourth-order valence-corrected chi connectivity index (χ4v) is 5.02. The van der Waals surface area contributed by atoms with Crippen molar-refractivity contribution in [3.8, 4) is 17.0 Å². The van der Waals surface area contributed by atoms with Gasteiger partial charge in [-0.2, -0.15) is 0 Å². The number of hydrogen-bond donors (Lipinski definition) is 2. The minimum absolute atomic E-state index is 0.186. The fourth-order valence-electron chi connectivity index (χ4n) is 3.82. The number of rotatable bonds is 11. The van der Waals surface area contributed by atoms with Crippen LogP contribution in [-0.4, -0.2) is 37.7 Å². The number of nitrogens with one attached hydrogen (secondary N) is 2.